The summed E-state index contributed by atoms with van der Waals surface area (Å²) in [7, 11) is 0. The summed E-state index contributed by atoms with van der Waals surface area (Å²) in [5.74, 6) is 15.8. The molecule has 0 rings (SSSR count). The molecule has 0 spiro atoms. The molecule has 0 aromatic heterocycles. The molecule has 0 fully saturated rings. The lowest BCUT2D eigenvalue weighted by atomic mass is 10.3. The zero-order chi connectivity index (χ0) is 8.69. The number of hydrazone groups is 1. The van der Waals surface area contributed by atoms with Gasteiger partial charge in [-0.25, -0.2) is 11.7 Å². The smallest absolute Gasteiger partial charge is 0.244 e. The second kappa shape index (κ2) is 5.75. The third-order valence-electron chi connectivity index (χ3n) is 1.28. The van der Waals surface area contributed by atoms with Crippen LogP contribution in [-0.4, -0.2) is 17.5 Å². The van der Waals surface area contributed by atoms with Gasteiger partial charge in [0.05, 0.1) is 0 Å². The predicted molar refractivity (Wildman–Crippen MR) is 44.7 cm³/mol. The summed E-state index contributed by atoms with van der Waals surface area (Å²) in [5.41, 5.74) is 2.29. The zero-order valence-electron chi connectivity index (χ0n) is 6.75. The van der Waals surface area contributed by atoms with Crippen LogP contribution in [0.25, 0.3) is 0 Å². The summed E-state index contributed by atoms with van der Waals surface area (Å²) in [6.45, 7) is 2.76. The average Bonchev–Trinajstić information content (AvgIpc) is 2.03. The molecule has 0 aromatic carbocycles. The van der Waals surface area contributed by atoms with Crippen LogP contribution in [0, 0.1) is 0 Å². The van der Waals surface area contributed by atoms with E-state index in [2.05, 4.69) is 17.5 Å². The van der Waals surface area contributed by atoms with Gasteiger partial charge in [0.1, 0.15) is 0 Å². The first-order chi connectivity index (χ1) is 5.26. The molecule has 0 saturated heterocycles. The highest BCUT2D eigenvalue weighted by Crippen LogP contribution is 1.88. The molecule has 6 heteroatoms. The normalized spacial score (nSPS) is 11.4. The van der Waals surface area contributed by atoms with Crippen molar-refractivity contribution in [3.05, 3.63) is 0 Å². The first-order valence-corrected chi connectivity index (χ1v) is 3.53. The highest BCUT2D eigenvalue weighted by molar-refractivity contribution is 5.78. The van der Waals surface area contributed by atoms with Crippen molar-refractivity contribution in [2.24, 2.45) is 22.6 Å². The lowest BCUT2D eigenvalue weighted by Gasteiger charge is -2.17. The molecule has 0 atom stereocenters. The fraction of sp³-hybridized carbons (Fsp3) is 0.800. The Labute approximate surface area is 66.3 Å². The monoisotopic (exact) mass is 160 g/mol. The first-order valence-electron chi connectivity index (χ1n) is 3.53. The number of rotatable bonds is 3. The van der Waals surface area contributed by atoms with Gasteiger partial charge in [0.25, 0.3) is 0 Å². The number of hydrogen-bond donors (Lipinski definition) is 4. The van der Waals surface area contributed by atoms with Gasteiger partial charge in [-0.1, -0.05) is 13.3 Å². The van der Waals surface area contributed by atoms with Gasteiger partial charge in [-0.2, -0.15) is 0 Å². The standard InChI is InChI=1S/C5H16N6/c1-2-3-4-11(8)5(9-6)10-7/h2-4,6-8H2,1H3,(H,9,10). The molecule has 0 aliphatic rings. The van der Waals surface area contributed by atoms with Crippen LogP contribution in [0.2, 0.25) is 0 Å². The van der Waals surface area contributed by atoms with Crippen molar-refractivity contribution in [1.29, 1.82) is 0 Å². The van der Waals surface area contributed by atoms with Crippen molar-refractivity contribution in [1.82, 2.24) is 10.4 Å². The number of hydrogen-bond acceptors (Lipinski definition) is 4. The fourth-order valence-corrected chi connectivity index (χ4v) is 0.629. The Morgan fingerprint density at radius 3 is 2.64 bits per heavy atom. The number of guanidine groups is 1. The van der Waals surface area contributed by atoms with Gasteiger partial charge >= 0.3 is 0 Å². The van der Waals surface area contributed by atoms with Gasteiger partial charge in [-0.05, 0) is 6.42 Å². The lowest BCUT2D eigenvalue weighted by molar-refractivity contribution is 0.410. The topological polar surface area (TPSA) is 106 Å². The molecule has 11 heavy (non-hydrogen) atoms. The van der Waals surface area contributed by atoms with E-state index < -0.39 is 0 Å². The summed E-state index contributed by atoms with van der Waals surface area (Å²) in [5, 5.41) is 4.72. The van der Waals surface area contributed by atoms with Crippen LogP contribution in [0.5, 0.6) is 0 Å². The molecule has 0 aliphatic heterocycles. The summed E-state index contributed by atoms with van der Waals surface area (Å²) in [6, 6.07) is 0. The van der Waals surface area contributed by atoms with E-state index in [4.69, 9.17) is 17.5 Å². The van der Waals surface area contributed by atoms with Crippen LogP contribution in [0.1, 0.15) is 19.8 Å². The Hall–Kier alpha value is -1.01. The number of nitrogens with zero attached hydrogens (tertiary/aromatic N) is 2. The Kier molecular flexibility index (Phi) is 5.22. The molecule has 0 heterocycles. The maximum absolute atomic E-state index is 5.51. The Morgan fingerprint density at radius 1 is 1.64 bits per heavy atom. The highest BCUT2D eigenvalue weighted by Gasteiger charge is 2.02. The second-order valence-corrected chi connectivity index (χ2v) is 2.14. The molecule has 0 unspecified atom stereocenters. The maximum Gasteiger partial charge on any atom is 0.244 e. The molecule has 0 aliphatic carbocycles. The Morgan fingerprint density at radius 2 is 2.27 bits per heavy atom. The van der Waals surface area contributed by atoms with E-state index in [1.807, 2.05) is 0 Å². The molecular formula is C5H16N6. The second-order valence-electron chi connectivity index (χ2n) is 2.14. The van der Waals surface area contributed by atoms with E-state index in [0.717, 1.165) is 12.8 Å². The van der Waals surface area contributed by atoms with Crippen LogP contribution >= 0.6 is 0 Å². The minimum absolute atomic E-state index is 0.290. The molecule has 0 amide bonds. The molecule has 0 saturated carbocycles. The van der Waals surface area contributed by atoms with E-state index >= 15 is 0 Å². The highest BCUT2D eigenvalue weighted by atomic mass is 15.5. The van der Waals surface area contributed by atoms with Crippen molar-refractivity contribution in [3.8, 4) is 0 Å². The summed E-state index contributed by atoms with van der Waals surface area (Å²) in [4.78, 5) is 0. The minimum Gasteiger partial charge on any atom is -0.320 e. The predicted octanol–water partition coefficient (Wildman–Crippen LogP) is -1.34. The third-order valence-corrected chi connectivity index (χ3v) is 1.28. The summed E-state index contributed by atoms with van der Waals surface area (Å²) in [6.07, 6.45) is 2.05. The van der Waals surface area contributed by atoms with Crippen LogP contribution in [0.4, 0.5) is 0 Å². The fourth-order valence-electron chi connectivity index (χ4n) is 0.629. The number of unbranched alkanes of at least 4 members (excludes halogenated alkanes) is 1. The SMILES string of the molecule is CCCCN(N)/C(=N\N)NN. The Balaban J connectivity index is 3.70. The van der Waals surface area contributed by atoms with Gasteiger partial charge in [0, 0.05) is 6.54 Å². The van der Waals surface area contributed by atoms with Crippen molar-refractivity contribution in [2.45, 2.75) is 19.8 Å². The van der Waals surface area contributed by atoms with Crippen molar-refractivity contribution in [3.63, 3.8) is 0 Å². The third kappa shape index (κ3) is 3.64. The van der Waals surface area contributed by atoms with E-state index in [-0.39, 0.29) is 0 Å². The van der Waals surface area contributed by atoms with Gasteiger partial charge in [0.2, 0.25) is 5.96 Å². The van der Waals surface area contributed by atoms with E-state index in [0.29, 0.717) is 12.5 Å². The van der Waals surface area contributed by atoms with Gasteiger partial charge < -0.3 is 5.84 Å². The Bertz CT molecular complexity index is 122. The lowest BCUT2D eigenvalue weighted by Crippen LogP contribution is -2.49. The molecule has 6 nitrogen and oxygen atoms in total. The molecule has 66 valence electrons. The van der Waals surface area contributed by atoms with Crippen molar-refractivity contribution in [2.75, 3.05) is 6.54 Å². The molecular weight excluding hydrogens is 144 g/mol. The zero-order valence-corrected chi connectivity index (χ0v) is 6.75. The molecule has 7 N–H and O–H groups in total. The number of hydrazine groups is 2. The average molecular weight is 160 g/mol. The van der Waals surface area contributed by atoms with Crippen LogP contribution < -0.4 is 23.0 Å². The van der Waals surface area contributed by atoms with Crippen LogP contribution in [-0.2, 0) is 0 Å². The van der Waals surface area contributed by atoms with E-state index in [1.165, 1.54) is 5.01 Å². The maximum atomic E-state index is 5.51. The molecule has 0 bridgehead atoms. The van der Waals surface area contributed by atoms with Gasteiger partial charge in [0.15, 0.2) is 0 Å². The molecule has 0 radical (unpaired) electrons. The van der Waals surface area contributed by atoms with Crippen molar-refractivity contribution >= 4 is 5.96 Å². The summed E-state index contributed by atoms with van der Waals surface area (Å²) < 4.78 is 0. The van der Waals surface area contributed by atoms with Gasteiger partial charge in [-0.3, -0.25) is 10.4 Å². The largest absolute Gasteiger partial charge is 0.320 e. The summed E-state index contributed by atoms with van der Waals surface area (Å²) >= 11 is 0. The number of nitrogens with one attached hydrogen (secondary N) is 1. The number of nitrogens with two attached hydrogens (primary N) is 3. The van der Waals surface area contributed by atoms with Crippen LogP contribution in [0.15, 0.2) is 5.10 Å². The van der Waals surface area contributed by atoms with Gasteiger partial charge in [-0.15, -0.1) is 5.10 Å². The van der Waals surface area contributed by atoms with Crippen LogP contribution in [0.3, 0.4) is 0 Å². The minimum atomic E-state index is 0.290. The molecule has 0 aromatic rings. The van der Waals surface area contributed by atoms with Crippen molar-refractivity contribution < 1.29 is 0 Å². The van der Waals surface area contributed by atoms with E-state index in [1.54, 1.807) is 0 Å². The first kappa shape index (κ1) is 9.99. The quantitative estimate of drug-likeness (QED) is 0.177. The van der Waals surface area contributed by atoms with E-state index in [9.17, 15) is 0 Å².